The number of rotatable bonds is 2. The van der Waals surface area contributed by atoms with Crippen LogP contribution in [0.3, 0.4) is 0 Å². The third-order valence-electron chi connectivity index (χ3n) is 3.97. The molecule has 0 bridgehead atoms. The first kappa shape index (κ1) is 12.2. The molecule has 21 heavy (non-hydrogen) atoms. The fourth-order valence-electron chi connectivity index (χ4n) is 2.97. The van der Waals surface area contributed by atoms with Crippen molar-refractivity contribution >= 4 is 16.9 Å². The van der Waals surface area contributed by atoms with Gasteiger partial charge in [0.05, 0.1) is 23.3 Å². The van der Waals surface area contributed by atoms with E-state index in [1.165, 1.54) is 6.26 Å². The number of likely N-dealkylation sites (tertiary alicyclic amines) is 1. The Bertz CT molecular complexity index is 743. The van der Waals surface area contributed by atoms with Gasteiger partial charge in [-0.3, -0.25) is 4.79 Å². The number of aromatic nitrogens is 2. The van der Waals surface area contributed by atoms with E-state index in [0.29, 0.717) is 5.76 Å². The smallest absolute Gasteiger partial charge is 0.290 e. The Morgan fingerprint density at radius 1 is 1.29 bits per heavy atom. The van der Waals surface area contributed by atoms with Crippen LogP contribution in [0.1, 0.15) is 35.3 Å². The fraction of sp³-hybridized carbons (Fsp3) is 0.250. The molecule has 1 unspecified atom stereocenters. The maximum absolute atomic E-state index is 12.5. The van der Waals surface area contributed by atoms with Crippen molar-refractivity contribution in [2.45, 2.75) is 18.9 Å². The van der Waals surface area contributed by atoms with E-state index in [0.717, 1.165) is 36.2 Å². The van der Waals surface area contributed by atoms with Crippen LogP contribution in [0.4, 0.5) is 0 Å². The molecule has 1 fully saturated rings. The zero-order chi connectivity index (χ0) is 14.2. The molecule has 0 saturated carbocycles. The highest BCUT2D eigenvalue weighted by atomic mass is 16.3. The standard InChI is InChI=1S/C16H15N3O2/c20-16(14-8-4-10-21-14)19-9-3-7-13(19)15-17-11-5-1-2-6-12(11)18-15/h1-2,4-6,8,10,13H,3,7,9H2,(H,17,18). The molecule has 4 rings (SSSR count). The monoisotopic (exact) mass is 281 g/mol. The fourth-order valence-corrected chi connectivity index (χ4v) is 2.97. The number of furan rings is 1. The quantitative estimate of drug-likeness (QED) is 0.785. The third kappa shape index (κ3) is 2.01. The predicted molar refractivity (Wildman–Crippen MR) is 77.8 cm³/mol. The van der Waals surface area contributed by atoms with Crippen LogP contribution in [-0.4, -0.2) is 27.3 Å². The lowest BCUT2D eigenvalue weighted by Crippen LogP contribution is -2.30. The van der Waals surface area contributed by atoms with Gasteiger partial charge in [-0.25, -0.2) is 4.98 Å². The van der Waals surface area contributed by atoms with Crippen molar-refractivity contribution in [3.63, 3.8) is 0 Å². The number of aromatic amines is 1. The van der Waals surface area contributed by atoms with E-state index in [1.54, 1.807) is 12.1 Å². The second-order valence-corrected chi connectivity index (χ2v) is 5.27. The molecular formula is C16H15N3O2. The van der Waals surface area contributed by atoms with E-state index < -0.39 is 0 Å². The summed E-state index contributed by atoms with van der Waals surface area (Å²) in [6.45, 7) is 0.737. The normalized spacial score (nSPS) is 18.5. The molecule has 106 valence electrons. The Balaban J connectivity index is 1.68. The Kier molecular flexibility index (Phi) is 2.77. The zero-order valence-corrected chi connectivity index (χ0v) is 11.5. The van der Waals surface area contributed by atoms with Crippen LogP contribution >= 0.6 is 0 Å². The van der Waals surface area contributed by atoms with E-state index >= 15 is 0 Å². The van der Waals surface area contributed by atoms with E-state index in [4.69, 9.17) is 4.42 Å². The van der Waals surface area contributed by atoms with Gasteiger partial charge in [-0.1, -0.05) is 12.1 Å². The minimum atomic E-state index is -0.0667. The van der Waals surface area contributed by atoms with E-state index in [-0.39, 0.29) is 11.9 Å². The molecule has 1 aliphatic rings. The number of fused-ring (bicyclic) bond motifs is 1. The first-order valence-electron chi connectivity index (χ1n) is 7.12. The Morgan fingerprint density at radius 2 is 2.19 bits per heavy atom. The summed E-state index contributed by atoms with van der Waals surface area (Å²) in [5.41, 5.74) is 1.94. The van der Waals surface area contributed by atoms with Gasteiger partial charge in [0.2, 0.25) is 0 Å². The molecule has 1 aromatic carbocycles. The number of benzene rings is 1. The predicted octanol–water partition coefficient (Wildman–Crippen LogP) is 3.13. The second-order valence-electron chi connectivity index (χ2n) is 5.27. The summed E-state index contributed by atoms with van der Waals surface area (Å²) in [4.78, 5) is 22.3. The minimum absolute atomic E-state index is 0.00463. The minimum Gasteiger partial charge on any atom is -0.459 e. The number of nitrogens with zero attached hydrogens (tertiary/aromatic N) is 2. The molecule has 1 atom stereocenters. The molecule has 3 heterocycles. The summed E-state index contributed by atoms with van der Waals surface area (Å²) < 4.78 is 5.23. The highest BCUT2D eigenvalue weighted by Crippen LogP contribution is 2.32. The molecule has 0 aliphatic carbocycles. The SMILES string of the molecule is O=C(c1ccco1)N1CCCC1c1nc2ccccc2[nH]1. The molecule has 5 heteroatoms. The molecule has 0 radical (unpaired) electrons. The summed E-state index contributed by atoms with van der Waals surface area (Å²) in [5.74, 6) is 1.18. The number of carbonyl (C=O) groups is 1. The summed E-state index contributed by atoms with van der Waals surface area (Å²) >= 11 is 0. The highest BCUT2D eigenvalue weighted by molar-refractivity contribution is 5.92. The average molecular weight is 281 g/mol. The maximum atomic E-state index is 12.5. The van der Waals surface area contributed by atoms with Gasteiger partial charge in [0, 0.05) is 6.54 Å². The Morgan fingerprint density at radius 3 is 3.00 bits per heavy atom. The molecule has 1 N–H and O–H groups in total. The van der Waals surface area contributed by atoms with Gasteiger partial charge in [0.1, 0.15) is 5.82 Å². The summed E-state index contributed by atoms with van der Waals surface area (Å²) in [7, 11) is 0. The van der Waals surface area contributed by atoms with Gasteiger partial charge in [0.15, 0.2) is 5.76 Å². The van der Waals surface area contributed by atoms with Crippen molar-refractivity contribution in [2.75, 3.05) is 6.54 Å². The number of H-pyrrole nitrogens is 1. The van der Waals surface area contributed by atoms with Gasteiger partial charge < -0.3 is 14.3 Å². The Labute approximate surface area is 121 Å². The molecule has 0 spiro atoms. The van der Waals surface area contributed by atoms with Crippen LogP contribution in [0.15, 0.2) is 47.1 Å². The lowest BCUT2D eigenvalue weighted by molar-refractivity contribution is 0.0698. The van der Waals surface area contributed by atoms with Crippen LogP contribution in [0, 0.1) is 0 Å². The molecule has 1 amide bonds. The lowest BCUT2D eigenvalue weighted by atomic mass is 10.2. The van der Waals surface area contributed by atoms with Gasteiger partial charge in [-0.2, -0.15) is 0 Å². The van der Waals surface area contributed by atoms with E-state index in [9.17, 15) is 4.79 Å². The van der Waals surface area contributed by atoms with Crippen LogP contribution in [-0.2, 0) is 0 Å². The number of imidazole rings is 1. The lowest BCUT2D eigenvalue weighted by Gasteiger charge is -2.21. The second kappa shape index (κ2) is 4.77. The molecule has 1 saturated heterocycles. The van der Waals surface area contributed by atoms with Crippen LogP contribution < -0.4 is 0 Å². The largest absolute Gasteiger partial charge is 0.459 e. The first-order valence-corrected chi connectivity index (χ1v) is 7.12. The number of hydrogen-bond donors (Lipinski definition) is 1. The number of amides is 1. The van der Waals surface area contributed by atoms with Crippen molar-refractivity contribution in [2.24, 2.45) is 0 Å². The molecule has 1 aliphatic heterocycles. The molecular weight excluding hydrogens is 266 g/mol. The third-order valence-corrected chi connectivity index (χ3v) is 3.97. The van der Waals surface area contributed by atoms with Crippen LogP contribution in [0.5, 0.6) is 0 Å². The average Bonchev–Trinajstić information content (AvgIpc) is 3.24. The topological polar surface area (TPSA) is 62.1 Å². The van der Waals surface area contributed by atoms with Gasteiger partial charge in [-0.15, -0.1) is 0 Å². The summed E-state index contributed by atoms with van der Waals surface area (Å²) in [6, 6.07) is 11.4. The molecule has 3 aromatic rings. The number of carbonyl (C=O) groups excluding carboxylic acids is 1. The van der Waals surface area contributed by atoms with Gasteiger partial charge >= 0.3 is 0 Å². The number of hydrogen-bond acceptors (Lipinski definition) is 3. The van der Waals surface area contributed by atoms with Crippen molar-refractivity contribution in [3.05, 3.63) is 54.2 Å². The van der Waals surface area contributed by atoms with E-state index in [2.05, 4.69) is 9.97 Å². The van der Waals surface area contributed by atoms with Crippen LogP contribution in [0.2, 0.25) is 0 Å². The zero-order valence-electron chi connectivity index (χ0n) is 11.5. The van der Waals surface area contributed by atoms with E-state index in [1.807, 2.05) is 29.2 Å². The number of para-hydroxylation sites is 2. The van der Waals surface area contributed by atoms with Crippen molar-refractivity contribution in [3.8, 4) is 0 Å². The van der Waals surface area contributed by atoms with Crippen molar-refractivity contribution < 1.29 is 9.21 Å². The van der Waals surface area contributed by atoms with Gasteiger partial charge in [-0.05, 0) is 37.1 Å². The van der Waals surface area contributed by atoms with Crippen molar-refractivity contribution in [1.29, 1.82) is 0 Å². The van der Waals surface area contributed by atoms with Crippen LogP contribution in [0.25, 0.3) is 11.0 Å². The van der Waals surface area contributed by atoms with Crippen molar-refractivity contribution in [1.82, 2.24) is 14.9 Å². The molecule has 2 aromatic heterocycles. The van der Waals surface area contributed by atoms with Gasteiger partial charge in [0.25, 0.3) is 5.91 Å². The maximum Gasteiger partial charge on any atom is 0.290 e. The number of nitrogens with one attached hydrogen (secondary N) is 1. The Hall–Kier alpha value is -2.56. The highest BCUT2D eigenvalue weighted by Gasteiger charge is 2.33. The first-order chi connectivity index (χ1) is 10.3. The molecule has 5 nitrogen and oxygen atoms in total. The summed E-state index contributed by atoms with van der Waals surface area (Å²) in [6.07, 6.45) is 3.43. The summed E-state index contributed by atoms with van der Waals surface area (Å²) in [5, 5.41) is 0.